The van der Waals surface area contributed by atoms with Gasteiger partial charge in [0.2, 0.25) is 0 Å². The summed E-state index contributed by atoms with van der Waals surface area (Å²) in [6.07, 6.45) is 2.81. The minimum atomic E-state index is -0.342. The van der Waals surface area contributed by atoms with Crippen molar-refractivity contribution in [3.8, 4) is 0 Å². The van der Waals surface area contributed by atoms with Gasteiger partial charge in [0.1, 0.15) is 6.61 Å². The topological polar surface area (TPSA) is 94.0 Å². The second kappa shape index (κ2) is 13.9. The Bertz CT molecular complexity index is 280. The molecule has 1 atom stereocenters. The van der Waals surface area contributed by atoms with E-state index in [2.05, 4.69) is 21.6 Å². The maximum atomic E-state index is 11.3. The smallest absolute Gasteiger partial charge is 0.331 e. The van der Waals surface area contributed by atoms with Crippen LogP contribution in [0.1, 0.15) is 19.3 Å². The molecule has 0 saturated heterocycles. The van der Waals surface area contributed by atoms with Gasteiger partial charge in [-0.25, -0.2) is 4.79 Å². The van der Waals surface area contributed by atoms with Gasteiger partial charge in [-0.1, -0.05) is 0 Å². The third kappa shape index (κ3) is 11.9. The molecule has 0 aliphatic rings. The molecule has 0 radical (unpaired) electrons. The fourth-order valence-electron chi connectivity index (χ4n) is 2.11. The SMILES string of the molecule is COC(=O)COC(CCN(C)CCCN)CN(C)CCCN. The van der Waals surface area contributed by atoms with Gasteiger partial charge in [-0.15, -0.1) is 0 Å². The number of esters is 1. The number of carbonyl (C=O) groups excluding carboxylic acids is 1. The number of nitrogens with zero attached hydrogens (tertiary/aromatic N) is 2. The van der Waals surface area contributed by atoms with Crippen molar-refractivity contribution in [2.75, 3.05) is 67.1 Å². The summed E-state index contributed by atoms with van der Waals surface area (Å²) in [5.41, 5.74) is 11.1. The summed E-state index contributed by atoms with van der Waals surface area (Å²) in [6.45, 7) is 4.98. The first-order valence-corrected chi connectivity index (χ1v) is 7.99. The highest BCUT2D eigenvalue weighted by Gasteiger charge is 2.15. The molecule has 0 saturated carbocycles. The summed E-state index contributed by atoms with van der Waals surface area (Å²) >= 11 is 0. The fraction of sp³-hybridized carbons (Fsp3) is 0.933. The van der Waals surface area contributed by atoms with Crippen molar-refractivity contribution >= 4 is 5.97 Å². The highest BCUT2D eigenvalue weighted by atomic mass is 16.6. The van der Waals surface area contributed by atoms with Crippen molar-refractivity contribution in [1.82, 2.24) is 9.80 Å². The van der Waals surface area contributed by atoms with Crippen molar-refractivity contribution in [1.29, 1.82) is 0 Å². The van der Waals surface area contributed by atoms with Crippen molar-refractivity contribution < 1.29 is 14.3 Å². The van der Waals surface area contributed by atoms with E-state index in [-0.39, 0.29) is 18.7 Å². The zero-order chi connectivity index (χ0) is 16.8. The van der Waals surface area contributed by atoms with E-state index in [0.717, 1.165) is 45.4 Å². The highest BCUT2D eigenvalue weighted by Crippen LogP contribution is 2.04. The molecule has 0 aliphatic carbocycles. The van der Waals surface area contributed by atoms with Crippen LogP contribution < -0.4 is 11.5 Å². The summed E-state index contributed by atoms with van der Waals surface area (Å²) in [7, 11) is 5.49. The molecular formula is C15H34N4O3. The number of ether oxygens (including phenoxy) is 2. The van der Waals surface area contributed by atoms with Gasteiger partial charge in [0.25, 0.3) is 0 Å². The Balaban J connectivity index is 4.22. The lowest BCUT2D eigenvalue weighted by atomic mass is 10.2. The lowest BCUT2D eigenvalue weighted by Gasteiger charge is -2.26. The van der Waals surface area contributed by atoms with Crippen molar-refractivity contribution in [3.63, 3.8) is 0 Å². The second-order valence-electron chi connectivity index (χ2n) is 5.65. The Hall–Kier alpha value is -0.730. The molecular weight excluding hydrogens is 284 g/mol. The number of methoxy groups -OCH3 is 1. The maximum absolute atomic E-state index is 11.3. The molecule has 0 fully saturated rings. The summed E-state index contributed by atoms with van der Waals surface area (Å²) in [5, 5.41) is 0. The van der Waals surface area contributed by atoms with Crippen LogP contribution in [0.2, 0.25) is 0 Å². The minimum absolute atomic E-state index is 0.00158. The average molecular weight is 318 g/mol. The largest absolute Gasteiger partial charge is 0.467 e. The number of likely N-dealkylation sites (N-methyl/N-ethyl adjacent to an activating group) is 1. The Labute approximate surface area is 134 Å². The number of nitrogens with two attached hydrogens (primary N) is 2. The van der Waals surface area contributed by atoms with Crippen LogP contribution in [0.3, 0.4) is 0 Å². The minimum Gasteiger partial charge on any atom is -0.467 e. The molecule has 0 aliphatic heterocycles. The van der Waals surface area contributed by atoms with Crippen LogP contribution in [0.25, 0.3) is 0 Å². The Morgan fingerprint density at radius 1 is 1.05 bits per heavy atom. The van der Waals surface area contributed by atoms with Gasteiger partial charge in [0.15, 0.2) is 0 Å². The van der Waals surface area contributed by atoms with Crippen LogP contribution in [0.15, 0.2) is 0 Å². The highest BCUT2D eigenvalue weighted by molar-refractivity contribution is 5.70. The molecule has 7 nitrogen and oxygen atoms in total. The Morgan fingerprint density at radius 2 is 1.64 bits per heavy atom. The zero-order valence-corrected chi connectivity index (χ0v) is 14.4. The van der Waals surface area contributed by atoms with Crippen molar-refractivity contribution in [2.45, 2.75) is 25.4 Å². The van der Waals surface area contributed by atoms with Crippen molar-refractivity contribution in [3.05, 3.63) is 0 Å². The van der Waals surface area contributed by atoms with Crippen LogP contribution in [-0.4, -0.2) is 89.0 Å². The van der Waals surface area contributed by atoms with Crippen LogP contribution in [-0.2, 0) is 14.3 Å². The predicted molar refractivity (Wildman–Crippen MR) is 88.7 cm³/mol. The van der Waals surface area contributed by atoms with Gasteiger partial charge >= 0.3 is 5.97 Å². The van der Waals surface area contributed by atoms with Crippen LogP contribution in [0.4, 0.5) is 0 Å². The molecule has 0 aromatic heterocycles. The standard InChI is InChI=1S/C15H34N4O3/c1-18(9-4-7-16)11-6-14(22-13-15(20)21-3)12-19(2)10-5-8-17/h14H,4-13,16-17H2,1-3H3. The normalized spacial score (nSPS) is 12.9. The number of hydrogen-bond donors (Lipinski definition) is 2. The van der Waals surface area contributed by atoms with E-state index in [1.165, 1.54) is 7.11 Å². The Morgan fingerprint density at radius 3 is 2.18 bits per heavy atom. The summed E-state index contributed by atoms with van der Waals surface area (Å²) < 4.78 is 10.3. The van der Waals surface area contributed by atoms with E-state index in [9.17, 15) is 4.79 Å². The first-order valence-electron chi connectivity index (χ1n) is 7.99. The van der Waals surface area contributed by atoms with Crippen LogP contribution in [0.5, 0.6) is 0 Å². The number of hydrogen-bond acceptors (Lipinski definition) is 7. The van der Waals surface area contributed by atoms with Crippen molar-refractivity contribution in [2.24, 2.45) is 11.5 Å². The van der Waals surface area contributed by atoms with Gasteiger partial charge in [-0.2, -0.15) is 0 Å². The molecule has 0 rings (SSSR count). The van der Waals surface area contributed by atoms with Gasteiger partial charge < -0.3 is 30.7 Å². The van der Waals surface area contributed by atoms with Gasteiger partial charge in [0, 0.05) is 13.1 Å². The van der Waals surface area contributed by atoms with Gasteiger partial charge in [0.05, 0.1) is 13.2 Å². The van der Waals surface area contributed by atoms with E-state index in [4.69, 9.17) is 16.2 Å². The lowest BCUT2D eigenvalue weighted by Crippen LogP contribution is -2.36. The molecule has 7 heteroatoms. The van der Waals surface area contributed by atoms with E-state index in [1.54, 1.807) is 0 Å². The molecule has 0 bridgehead atoms. The van der Waals surface area contributed by atoms with E-state index >= 15 is 0 Å². The first kappa shape index (κ1) is 21.3. The average Bonchev–Trinajstić information content (AvgIpc) is 2.52. The molecule has 0 spiro atoms. The summed E-state index contributed by atoms with van der Waals surface area (Å²) in [5.74, 6) is -0.342. The summed E-state index contributed by atoms with van der Waals surface area (Å²) in [6, 6.07) is 0. The predicted octanol–water partition coefficient (Wildman–Crippen LogP) is -0.504. The molecule has 4 N–H and O–H groups in total. The fourth-order valence-corrected chi connectivity index (χ4v) is 2.11. The molecule has 0 heterocycles. The third-order valence-corrected chi connectivity index (χ3v) is 3.50. The van der Waals surface area contributed by atoms with Crippen LogP contribution >= 0.6 is 0 Å². The van der Waals surface area contributed by atoms with Gasteiger partial charge in [-0.05, 0) is 59.5 Å². The zero-order valence-electron chi connectivity index (χ0n) is 14.4. The molecule has 22 heavy (non-hydrogen) atoms. The lowest BCUT2D eigenvalue weighted by molar-refractivity contribution is -0.148. The van der Waals surface area contributed by atoms with Gasteiger partial charge in [-0.3, -0.25) is 0 Å². The number of carbonyl (C=O) groups is 1. The quantitative estimate of drug-likeness (QED) is 0.417. The molecule has 132 valence electrons. The Kier molecular flexibility index (Phi) is 13.4. The number of rotatable bonds is 14. The van der Waals surface area contributed by atoms with E-state index in [1.807, 2.05) is 7.05 Å². The first-order chi connectivity index (χ1) is 10.5. The second-order valence-corrected chi connectivity index (χ2v) is 5.65. The molecule has 0 aromatic carbocycles. The van der Waals surface area contributed by atoms with E-state index < -0.39 is 0 Å². The molecule has 1 unspecified atom stereocenters. The monoisotopic (exact) mass is 318 g/mol. The maximum Gasteiger partial charge on any atom is 0.331 e. The van der Waals surface area contributed by atoms with Crippen LogP contribution in [0, 0.1) is 0 Å². The summed E-state index contributed by atoms with van der Waals surface area (Å²) in [4.78, 5) is 15.7. The third-order valence-electron chi connectivity index (χ3n) is 3.50. The van der Waals surface area contributed by atoms with E-state index in [0.29, 0.717) is 13.1 Å². The molecule has 0 aromatic rings. The molecule has 0 amide bonds.